The molecular formula is C20H24I2N2O. The van der Waals surface area contributed by atoms with Gasteiger partial charge in [-0.15, -0.1) is 0 Å². The number of aliphatic hydroxyl groups is 1. The molecule has 2 aromatic rings. The molecule has 0 atom stereocenters. The highest BCUT2D eigenvalue weighted by Crippen LogP contribution is 2.31. The molecule has 134 valence electrons. The Morgan fingerprint density at radius 3 is 1.52 bits per heavy atom. The molecule has 0 aliphatic heterocycles. The first kappa shape index (κ1) is 22.2. The van der Waals surface area contributed by atoms with Crippen molar-refractivity contribution in [2.75, 3.05) is 0 Å². The van der Waals surface area contributed by atoms with Gasteiger partial charge < -0.3 is 53.1 Å². The first-order valence-corrected chi connectivity index (χ1v) is 8.11. The van der Waals surface area contributed by atoms with Crippen LogP contribution in [0.5, 0.6) is 0 Å². The minimum atomic E-state index is -0.466. The van der Waals surface area contributed by atoms with Crippen LogP contribution in [0.2, 0.25) is 0 Å². The molecule has 1 aliphatic carbocycles. The van der Waals surface area contributed by atoms with E-state index in [1.54, 1.807) is 0 Å². The molecule has 2 heterocycles. The molecule has 3 rings (SSSR count). The summed E-state index contributed by atoms with van der Waals surface area (Å²) < 4.78 is 4.03. The summed E-state index contributed by atoms with van der Waals surface area (Å²) in [5.74, 6) is 0. The lowest BCUT2D eigenvalue weighted by Crippen LogP contribution is -3.00. The normalized spacial score (nSPS) is 17.9. The van der Waals surface area contributed by atoms with Gasteiger partial charge in [-0.25, -0.2) is 9.13 Å². The second-order valence-corrected chi connectivity index (χ2v) is 6.29. The Kier molecular flexibility index (Phi) is 9.23. The van der Waals surface area contributed by atoms with Gasteiger partial charge in [0, 0.05) is 24.3 Å². The van der Waals surface area contributed by atoms with Crippen LogP contribution in [0.4, 0.5) is 0 Å². The van der Waals surface area contributed by atoms with Gasteiger partial charge >= 0.3 is 0 Å². The lowest BCUT2D eigenvalue weighted by atomic mass is 9.85. The van der Waals surface area contributed by atoms with Crippen molar-refractivity contribution in [1.29, 1.82) is 0 Å². The van der Waals surface area contributed by atoms with E-state index in [-0.39, 0.29) is 48.0 Å². The number of halogens is 2. The number of hydrogen-bond donors (Lipinski definition) is 1. The molecule has 0 amide bonds. The third-order valence-corrected chi connectivity index (χ3v) is 4.35. The van der Waals surface area contributed by atoms with Gasteiger partial charge in [0.05, 0.1) is 6.10 Å². The van der Waals surface area contributed by atoms with Gasteiger partial charge in [0.25, 0.3) is 0 Å². The fourth-order valence-corrected chi connectivity index (χ4v) is 2.96. The summed E-state index contributed by atoms with van der Waals surface area (Å²) in [5.41, 5.74) is 4.51. The smallest absolute Gasteiger partial charge is 0.169 e. The highest BCUT2D eigenvalue weighted by molar-refractivity contribution is 5.60. The lowest BCUT2D eigenvalue weighted by Gasteiger charge is -2.24. The third-order valence-electron chi connectivity index (χ3n) is 4.35. The van der Waals surface area contributed by atoms with Gasteiger partial charge in [-0.1, -0.05) is 12.2 Å². The lowest BCUT2D eigenvalue weighted by molar-refractivity contribution is -0.671. The van der Waals surface area contributed by atoms with E-state index in [1.165, 1.54) is 0 Å². The van der Waals surface area contributed by atoms with Crippen LogP contribution < -0.4 is 57.1 Å². The van der Waals surface area contributed by atoms with Crippen LogP contribution in [0, 0.1) is 0 Å². The minimum absolute atomic E-state index is 0. The summed E-state index contributed by atoms with van der Waals surface area (Å²) in [6, 6.07) is 8.31. The number of nitrogens with zero attached hydrogens (tertiary/aromatic N) is 2. The van der Waals surface area contributed by atoms with Gasteiger partial charge in [-0.2, -0.15) is 0 Å². The summed E-state index contributed by atoms with van der Waals surface area (Å²) in [7, 11) is 4.01. The van der Waals surface area contributed by atoms with Crippen LogP contribution in [-0.2, 0) is 14.1 Å². The number of aryl methyl sites for hydroxylation is 2. The van der Waals surface area contributed by atoms with E-state index in [1.807, 2.05) is 48.0 Å². The molecule has 1 aliphatic rings. The maximum Gasteiger partial charge on any atom is 0.169 e. The molecular weight excluding hydrogens is 538 g/mol. The van der Waals surface area contributed by atoms with Crippen LogP contribution in [0.3, 0.4) is 0 Å². The number of hydrogen-bond acceptors (Lipinski definition) is 1. The van der Waals surface area contributed by atoms with Crippen LogP contribution in [-0.4, -0.2) is 11.2 Å². The van der Waals surface area contributed by atoms with E-state index >= 15 is 0 Å². The maximum absolute atomic E-state index is 10.7. The van der Waals surface area contributed by atoms with Gasteiger partial charge in [-0.05, 0) is 41.5 Å². The zero-order chi connectivity index (χ0) is 16.2. The minimum Gasteiger partial charge on any atom is -1.00 e. The predicted octanol–water partition coefficient (Wildman–Crippen LogP) is -3.64. The highest BCUT2D eigenvalue weighted by atomic mass is 127. The number of pyridine rings is 2. The quantitative estimate of drug-likeness (QED) is 0.297. The first-order valence-electron chi connectivity index (χ1n) is 8.11. The van der Waals surface area contributed by atoms with E-state index in [2.05, 4.69) is 36.4 Å². The monoisotopic (exact) mass is 562 g/mol. The van der Waals surface area contributed by atoms with Crippen LogP contribution in [0.15, 0.2) is 60.2 Å². The molecule has 0 bridgehead atoms. The molecule has 1 saturated carbocycles. The van der Waals surface area contributed by atoms with E-state index in [0.717, 1.165) is 41.5 Å². The maximum atomic E-state index is 10.7. The summed E-state index contributed by atoms with van der Waals surface area (Å²) >= 11 is 0. The van der Waals surface area contributed by atoms with Crippen molar-refractivity contribution < 1.29 is 62.2 Å². The zero-order valence-electron chi connectivity index (χ0n) is 14.6. The van der Waals surface area contributed by atoms with Crippen molar-refractivity contribution in [1.82, 2.24) is 0 Å². The molecule has 3 nitrogen and oxygen atoms in total. The summed E-state index contributed by atoms with van der Waals surface area (Å²) in [6.07, 6.45) is 14.9. The summed E-state index contributed by atoms with van der Waals surface area (Å²) in [6.45, 7) is 0. The second kappa shape index (κ2) is 10.4. The van der Waals surface area contributed by atoms with Crippen LogP contribution in [0.1, 0.15) is 30.4 Å². The Labute approximate surface area is 184 Å². The molecule has 0 saturated heterocycles. The standard InChI is InChI=1S/C20H24N2O.2HI/c1-21-10-6-16(7-11-21)14-18-4-3-5-19(20(18)23)15-17-8-12-22(2)13-9-17;;/h6-15,20,23H,3-5H2,1-2H3;2*1H/q+2;;/p-2/b18-14+,19-15+;;. The van der Waals surface area contributed by atoms with Gasteiger partial charge in [0.1, 0.15) is 14.1 Å². The SMILES string of the molecule is C[n+]1ccc(/C=C2\CCC/C(=C\c3cc[n+](C)cc3)C2O)cc1.[I-].[I-]. The van der Waals surface area contributed by atoms with Gasteiger partial charge in [0.15, 0.2) is 24.8 Å². The molecule has 1 N–H and O–H groups in total. The molecule has 0 unspecified atom stereocenters. The van der Waals surface area contributed by atoms with Gasteiger partial charge in [0.2, 0.25) is 0 Å². The second-order valence-electron chi connectivity index (χ2n) is 6.29. The fraction of sp³-hybridized carbons (Fsp3) is 0.300. The predicted molar refractivity (Wildman–Crippen MR) is 91.0 cm³/mol. The van der Waals surface area contributed by atoms with Crippen molar-refractivity contribution >= 4 is 12.2 Å². The van der Waals surface area contributed by atoms with Crippen molar-refractivity contribution in [3.05, 3.63) is 71.3 Å². The van der Waals surface area contributed by atoms with Gasteiger partial charge in [-0.3, -0.25) is 0 Å². The van der Waals surface area contributed by atoms with Crippen LogP contribution in [0.25, 0.3) is 12.2 Å². The number of aliphatic hydroxyl groups excluding tert-OH is 1. The van der Waals surface area contributed by atoms with Crippen molar-refractivity contribution in [2.45, 2.75) is 25.4 Å². The molecule has 0 aromatic carbocycles. The van der Waals surface area contributed by atoms with Crippen LogP contribution >= 0.6 is 0 Å². The Morgan fingerprint density at radius 1 is 0.800 bits per heavy atom. The Bertz CT molecular complexity index is 674. The van der Waals surface area contributed by atoms with Crippen molar-refractivity contribution in [3.8, 4) is 0 Å². The van der Waals surface area contributed by atoms with Crippen molar-refractivity contribution in [2.24, 2.45) is 14.1 Å². The molecule has 5 heteroatoms. The molecule has 0 spiro atoms. The van der Waals surface area contributed by atoms with E-state index in [0.29, 0.717) is 0 Å². The zero-order valence-corrected chi connectivity index (χ0v) is 18.9. The van der Waals surface area contributed by atoms with E-state index < -0.39 is 6.10 Å². The Balaban J connectivity index is 0.00000156. The summed E-state index contributed by atoms with van der Waals surface area (Å²) in [4.78, 5) is 0. The fourth-order valence-electron chi connectivity index (χ4n) is 2.96. The summed E-state index contributed by atoms with van der Waals surface area (Å²) in [5, 5.41) is 10.7. The molecule has 0 radical (unpaired) electrons. The van der Waals surface area contributed by atoms with E-state index in [9.17, 15) is 5.11 Å². The third kappa shape index (κ3) is 6.14. The molecule has 2 aromatic heterocycles. The highest BCUT2D eigenvalue weighted by Gasteiger charge is 2.21. The van der Waals surface area contributed by atoms with E-state index in [4.69, 9.17) is 0 Å². The average molecular weight is 562 g/mol. The topological polar surface area (TPSA) is 28.0 Å². The van der Waals surface area contributed by atoms with Crippen molar-refractivity contribution in [3.63, 3.8) is 0 Å². The first-order chi connectivity index (χ1) is 11.1. The molecule has 25 heavy (non-hydrogen) atoms. The number of rotatable bonds is 2. The number of aromatic nitrogens is 2. The molecule has 1 fully saturated rings. The largest absolute Gasteiger partial charge is 1.00 e. The average Bonchev–Trinajstić information content (AvgIpc) is 2.55. The Morgan fingerprint density at radius 2 is 1.16 bits per heavy atom. The Hall–Kier alpha value is -0.800.